The van der Waals surface area contributed by atoms with Crippen LogP contribution in [0.4, 0.5) is 0 Å². The SMILES string of the molecule is C=CC(C)c1ccc(-c2nnnn2C)cc1. The fraction of sp³-hybridized carbons (Fsp3) is 0.250. The number of aromatic nitrogens is 4. The van der Waals surface area contributed by atoms with E-state index < -0.39 is 0 Å². The molecule has 82 valence electrons. The van der Waals surface area contributed by atoms with Crippen molar-refractivity contribution in [3.63, 3.8) is 0 Å². The van der Waals surface area contributed by atoms with Crippen molar-refractivity contribution in [1.82, 2.24) is 20.2 Å². The van der Waals surface area contributed by atoms with Crippen LogP contribution in [0.5, 0.6) is 0 Å². The van der Waals surface area contributed by atoms with Crippen molar-refractivity contribution >= 4 is 0 Å². The Morgan fingerprint density at radius 3 is 2.50 bits per heavy atom. The molecule has 4 heteroatoms. The van der Waals surface area contributed by atoms with Crippen molar-refractivity contribution in [3.8, 4) is 11.4 Å². The van der Waals surface area contributed by atoms with Gasteiger partial charge in [-0.05, 0) is 21.9 Å². The van der Waals surface area contributed by atoms with Gasteiger partial charge in [-0.3, -0.25) is 0 Å². The Morgan fingerprint density at radius 1 is 1.31 bits per heavy atom. The highest BCUT2D eigenvalue weighted by Crippen LogP contribution is 2.20. The number of nitrogens with zero attached hydrogens (tertiary/aromatic N) is 4. The highest BCUT2D eigenvalue weighted by atomic mass is 15.5. The molecular formula is C12H14N4. The summed E-state index contributed by atoms with van der Waals surface area (Å²) in [4.78, 5) is 0. The third kappa shape index (κ3) is 1.86. The van der Waals surface area contributed by atoms with E-state index in [1.807, 2.05) is 25.3 Å². The van der Waals surface area contributed by atoms with Crippen molar-refractivity contribution in [2.45, 2.75) is 12.8 Å². The normalized spacial score (nSPS) is 12.4. The quantitative estimate of drug-likeness (QED) is 0.735. The number of aryl methyl sites for hydroxylation is 1. The van der Waals surface area contributed by atoms with Gasteiger partial charge in [-0.15, -0.1) is 11.7 Å². The summed E-state index contributed by atoms with van der Waals surface area (Å²) in [5.41, 5.74) is 2.27. The molecule has 0 bridgehead atoms. The molecule has 0 amide bonds. The average Bonchev–Trinajstić information content (AvgIpc) is 2.75. The number of rotatable bonds is 3. The lowest BCUT2D eigenvalue weighted by Gasteiger charge is -2.06. The molecule has 0 radical (unpaired) electrons. The first-order chi connectivity index (χ1) is 7.72. The number of tetrazole rings is 1. The molecular weight excluding hydrogens is 200 g/mol. The standard InChI is InChI=1S/C12H14N4/c1-4-9(2)10-5-7-11(8-6-10)12-13-14-15-16(12)3/h4-9H,1H2,2-3H3. The molecule has 4 nitrogen and oxygen atoms in total. The molecule has 1 heterocycles. The third-order valence-corrected chi connectivity index (χ3v) is 2.67. The highest BCUT2D eigenvalue weighted by Gasteiger charge is 2.06. The largest absolute Gasteiger partial charge is 0.229 e. The van der Waals surface area contributed by atoms with E-state index in [1.165, 1.54) is 5.56 Å². The summed E-state index contributed by atoms with van der Waals surface area (Å²) in [6, 6.07) is 8.22. The summed E-state index contributed by atoms with van der Waals surface area (Å²) in [6.07, 6.45) is 1.93. The minimum Gasteiger partial charge on any atom is -0.229 e. The van der Waals surface area contributed by atoms with Gasteiger partial charge in [0.25, 0.3) is 0 Å². The van der Waals surface area contributed by atoms with E-state index in [0.29, 0.717) is 5.92 Å². The number of hydrogen-bond donors (Lipinski definition) is 0. The number of hydrogen-bond acceptors (Lipinski definition) is 3. The van der Waals surface area contributed by atoms with Crippen LogP contribution in [0.25, 0.3) is 11.4 Å². The minimum atomic E-state index is 0.367. The first-order valence-electron chi connectivity index (χ1n) is 5.17. The van der Waals surface area contributed by atoms with Gasteiger partial charge in [0.2, 0.25) is 0 Å². The zero-order chi connectivity index (χ0) is 11.5. The Morgan fingerprint density at radius 2 is 2.00 bits per heavy atom. The Balaban J connectivity index is 2.33. The summed E-state index contributed by atoms with van der Waals surface area (Å²) in [6.45, 7) is 5.90. The fourth-order valence-corrected chi connectivity index (χ4v) is 1.55. The van der Waals surface area contributed by atoms with Crippen molar-refractivity contribution in [2.24, 2.45) is 7.05 Å². The molecule has 0 saturated carbocycles. The molecule has 2 rings (SSSR count). The van der Waals surface area contributed by atoms with Crippen LogP contribution in [-0.2, 0) is 7.05 Å². The molecule has 0 aliphatic rings. The third-order valence-electron chi connectivity index (χ3n) is 2.67. The Labute approximate surface area is 94.6 Å². The van der Waals surface area contributed by atoms with Gasteiger partial charge in [-0.1, -0.05) is 37.3 Å². The first-order valence-corrected chi connectivity index (χ1v) is 5.17. The fourth-order valence-electron chi connectivity index (χ4n) is 1.55. The molecule has 16 heavy (non-hydrogen) atoms. The van der Waals surface area contributed by atoms with Gasteiger partial charge in [0.1, 0.15) is 0 Å². The van der Waals surface area contributed by atoms with Gasteiger partial charge in [-0.25, -0.2) is 4.68 Å². The van der Waals surface area contributed by atoms with Gasteiger partial charge in [0.15, 0.2) is 5.82 Å². The summed E-state index contributed by atoms with van der Waals surface area (Å²) in [5.74, 6) is 1.14. The minimum absolute atomic E-state index is 0.367. The maximum absolute atomic E-state index is 3.96. The van der Waals surface area contributed by atoms with E-state index in [-0.39, 0.29) is 0 Å². The predicted molar refractivity (Wildman–Crippen MR) is 62.8 cm³/mol. The second-order valence-corrected chi connectivity index (χ2v) is 3.77. The van der Waals surface area contributed by atoms with Crippen LogP contribution in [0.3, 0.4) is 0 Å². The topological polar surface area (TPSA) is 43.6 Å². The second-order valence-electron chi connectivity index (χ2n) is 3.77. The Hall–Kier alpha value is -1.97. The summed E-state index contributed by atoms with van der Waals surface area (Å²) >= 11 is 0. The maximum atomic E-state index is 3.96. The van der Waals surface area contributed by atoms with Crippen LogP contribution in [-0.4, -0.2) is 20.2 Å². The van der Waals surface area contributed by atoms with Crippen LogP contribution < -0.4 is 0 Å². The zero-order valence-corrected chi connectivity index (χ0v) is 9.46. The predicted octanol–water partition coefficient (Wildman–Crippen LogP) is 2.17. The van der Waals surface area contributed by atoms with E-state index in [1.54, 1.807) is 4.68 Å². The molecule has 1 aromatic carbocycles. The molecule has 0 saturated heterocycles. The number of benzene rings is 1. The molecule has 0 fully saturated rings. The average molecular weight is 214 g/mol. The molecule has 1 unspecified atom stereocenters. The van der Waals surface area contributed by atoms with Crippen LogP contribution >= 0.6 is 0 Å². The van der Waals surface area contributed by atoms with Crippen molar-refractivity contribution in [1.29, 1.82) is 0 Å². The maximum Gasteiger partial charge on any atom is 0.181 e. The Kier molecular flexibility index (Phi) is 2.81. The van der Waals surface area contributed by atoms with Gasteiger partial charge in [0, 0.05) is 12.6 Å². The van der Waals surface area contributed by atoms with E-state index >= 15 is 0 Å². The second kappa shape index (κ2) is 4.26. The first kappa shape index (κ1) is 10.5. The van der Waals surface area contributed by atoms with Gasteiger partial charge in [-0.2, -0.15) is 0 Å². The Bertz CT molecular complexity index is 484. The molecule has 0 spiro atoms. The molecule has 1 aromatic heterocycles. The van der Waals surface area contributed by atoms with Crippen molar-refractivity contribution in [3.05, 3.63) is 42.5 Å². The monoisotopic (exact) mass is 214 g/mol. The van der Waals surface area contributed by atoms with Crippen LogP contribution in [0.15, 0.2) is 36.9 Å². The van der Waals surface area contributed by atoms with Gasteiger partial charge < -0.3 is 0 Å². The van der Waals surface area contributed by atoms with Crippen molar-refractivity contribution < 1.29 is 0 Å². The van der Waals surface area contributed by atoms with E-state index in [2.05, 4.69) is 41.2 Å². The molecule has 0 aliphatic heterocycles. The summed E-state index contributed by atoms with van der Waals surface area (Å²) < 4.78 is 1.66. The summed E-state index contributed by atoms with van der Waals surface area (Å²) in [5, 5.41) is 11.4. The van der Waals surface area contributed by atoms with Gasteiger partial charge >= 0.3 is 0 Å². The van der Waals surface area contributed by atoms with Crippen LogP contribution in [0.2, 0.25) is 0 Å². The smallest absolute Gasteiger partial charge is 0.181 e. The highest BCUT2D eigenvalue weighted by molar-refractivity contribution is 5.55. The lowest BCUT2D eigenvalue weighted by molar-refractivity contribution is 0.714. The molecule has 2 aromatic rings. The van der Waals surface area contributed by atoms with Gasteiger partial charge in [0.05, 0.1) is 0 Å². The van der Waals surface area contributed by atoms with E-state index in [4.69, 9.17) is 0 Å². The van der Waals surface area contributed by atoms with E-state index in [0.717, 1.165) is 11.4 Å². The van der Waals surface area contributed by atoms with Crippen LogP contribution in [0, 0.1) is 0 Å². The van der Waals surface area contributed by atoms with Crippen molar-refractivity contribution in [2.75, 3.05) is 0 Å². The molecule has 1 atom stereocenters. The summed E-state index contributed by atoms with van der Waals surface area (Å²) in [7, 11) is 1.83. The number of allylic oxidation sites excluding steroid dienone is 1. The zero-order valence-electron chi connectivity index (χ0n) is 9.46. The lowest BCUT2D eigenvalue weighted by Crippen LogP contribution is -1.95. The van der Waals surface area contributed by atoms with E-state index in [9.17, 15) is 0 Å². The van der Waals surface area contributed by atoms with Crippen LogP contribution in [0.1, 0.15) is 18.4 Å². The lowest BCUT2D eigenvalue weighted by atomic mass is 10.00. The molecule has 0 aliphatic carbocycles. The molecule has 0 N–H and O–H groups in total.